The molecule has 0 saturated heterocycles. The lowest BCUT2D eigenvalue weighted by molar-refractivity contribution is -0.0245. The Morgan fingerprint density at radius 1 is 0.553 bits per heavy atom. The van der Waals surface area contributed by atoms with Gasteiger partial charge in [-0.2, -0.15) is 0 Å². The van der Waals surface area contributed by atoms with Crippen LogP contribution in [0.4, 0.5) is 4.79 Å². The van der Waals surface area contributed by atoms with Crippen LogP contribution in [0.5, 0.6) is 0 Å². The van der Waals surface area contributed by atoms with Gasteiger partial charge in [-0.05, 0) is 20.8 Å². The van der Waals surface area contributed by atoms with Crippen LogP contribution < -0.4 is 5.32 Å². The fourth-order valence-electron chi connectivity index (χ4n) is 2.43. The number of carbonyl (C=O) groups excluding carboxylic acids is 1. The van der Waals surface area contributed by atoms with Gasteiger partial charge in [-0.1, -0.05) is 5.92 Å². The number of nitrogens with one attached hydrogen (secondary N) is 1. The summed E-state index contributed by atoms with van der Waals surface area (Å²) in [5.74, 6) is 2.39. The van der Waals surface area contributed by atoms with E-state index in [2.05, 4.69) is 11.2 Å². The Labute approximate surface area is 228 Å². The molecule has 0 aliphatic carbocycles. The van der Waals surface area contributed by atoms with E-state index in [1.54, 1.807) is 0 Å². The monoisotopic (exact) mass is 551 g/mol. The molecule has 12 nitrogen and oxygen atoms in total. The first-order valence-electron chi connectivity index (χ1n) is 13.1. The maximum Gasteiger partial charge on any atom is 0.407 e. The van der Waals surface area contributed by atoms with Crippen molar-refractivity contribution in [2.75, 3.05) is 125 Å². The highest BCUT2D eigenvalue weighted by atomic mass is 16.6. The summed E-state index contributed by atoms with van der Waals surface area (Å²) >= 11 is 0. The zero-order chi connectivity index (χ0) is 28.0. The predicted octanol–water partition coefficient (Wildman–Crippen LogP) is 1.29. The molecule has 1 N–H and O–H groups in total. The normalized spacial score (nSPS) is 11.4. The smallest absolute Gasteiger partial charge is 0.407 e. The SMILES string of the molecule is C#CCOCCOCCOCCOCCOCCOCCOCCOCCOCCNC(=O)OC(C)(C)C. The first kappa shape index (κ1) is 36.5. The predicted molar refractivity (Wildman–Crippen MR) is 140 cm³/mol. The van der Waals surface area contributed by atoms with Gasteiger partial charge in [0.15, 0.2) is 0 Å². The number of hydrogen-bond acceptors (Lipinski definition) is 11. The summed E-state index contributed by atoms with van der Waals surface area (Å²) in [7, 11) is 0. The van der Waals surface area contributed by atoms with Gasteiger partial charge in [-0.15, -0.1) is 6.42 Å². The van der Waals surface area contributed by atoms with Crippen molar-refractivity contribution in [2.24, 2.45) is 0 Å². The van der Waals surface area contributed by atoms with Crippen LogP contribution in [0.2, 0.25) is 0 Å². The van der Waals surface area contributed by atoms with E-state index < -0.39 is 11.7 Å². The highest BCUT2D eigenvalue weighted by Gasteiger charge is 2.15. The second-order valence-electron chi connectivity index (χ2n) is 8.58. The topological polar surface area (TPSA) is 121 Å². The minimum atomic E-state index is -0.508. The first-order chi connectivity index (χ1) is 18.5. The third kappa shape index (κ3) is 32.5. The molecule has 0 radical (unpaired) electrons. The van der Waals surface area contributed by atoms with Gasteiger partial charge in [0.1, 0.15) is 12.2 Å². The number of terminal acetylenes is 1. The highest BCUT2D eigenvalue weighted by molar-refractivity contribution is 5.67. The minimum Gasteiger partial charge on any atom is -0.444 e. The van der Waals surface area contributed by atoms with E-state index in [0.29, 0.717) is 125 Å². The van der Waals surface area contributed by atoms with E-state index in [1.807, 2.05) is 20.8 Å². The zero-order valence-electron chi connectivity index (χ0n) is 23.5. The number of alkyl carbamates (subject to hydrolysis) is 1. The Balaban J connectivity index is 3.10. The van der Waals surface area contributed by atoms with Crippen LogP contribution in [0.1, 0.15) is 20.8 Å². The molecule has 0 unspecified atom stereocenters. The van der Waals surface area contributed by atoms with Gasteiger partial charge in [-0.3, -0.25) is 0 Å². The number of amides is 1. The van der Waals surface area contributed by atoms with Gasteiger partial charge >= 0.3 is 6.09 Å². The lowest BCUT2D eigenvalue weighted by Crippen LogP contribution is -2.34. The zero-order valence-corrected chi connectivity index (χ0v) is 23.5. The van der Waals surface area contributed by atoms with Crippen molar-refractivity contribution in [3.8, 4) is 12.3 Å². The Morgan fingerprint density at radius 3 is 1.13 bits per heavy atom. The van der Waals surface area contributed by atoms with Crippen LogP contribution in [0.15, 0.2) is 0 Å². The van der Waals surface area contributed by atoms with Gasteiger partial charge in [-0.25, -0.2) is 4.79 Å². The Morgan fingerprint density at radius 2 is 0.842 bits per heavy atom. The molecule has 0 aromatic rings. The average Bonchev–Trinajstić information content (AvgIpc) is 2.86. The van der Waals surface area contributed by atoms with Crippen molar-refractivity contribution in [3.63, 3.8) is 0 Å². The maximum absolute atomic E-state index is 11.5. The molecule has 0 atom stereocenters. The molecule has 0 aromatic carbocycles. The van der Waals surface area contributed by atoms with Crippen molar-refractivity contribution < 1.29 is 52.2 Å². The van der Waals surface area contributed by atoms with E-state index in [1.165, 1.54) is 0 Å². The van der Waals surface area contributed by atoms with Gasteiger partial charge in [0, 0.05) is 6.54 Å². The van der Waals surface area contributed by atoms with Crippen molar-refractivity contribution in [3.05, 3.63) is 0 Å². The van der Waals surface area contributed by atoms with E-state index >= 15 is 0 Å². The van der Waals surface area contributed by atoms with Crippen molar-refractivity contribution >= 4 is 6.09 Å². The van der Waals surface area contributed by atoms with E-state index in [4.69, 9.17) is 53.8 Å². The van der Waals surface area contributed by atoms with Crippen molar-refractivity contribution in [1.82, 2.24) is 5.32 Å². The largest absolute Gasteiger partial charge is 0.444 e. The second kappa shape index (κ2) is 28.5. The summed E-state index contributed by atoms with van der Waals surface area (Å²) < 4.78 is 53.4. The number of hydrogen-bond donors (Lipinski definition) is 1. The van der Waals surface area contributed by atoms with Gasteiger partial charge in [0.25, 0.3) is 0 Å². The first-order valence-corrected chi connectivity index (χ1v) is 13.1. The van der Waals surface area contributed by atoms with Gasteiger partial charge in [0.05, 0.1) is 112 Å². The van der Waals surface area contributed by atoms with E-state index in [-0.39, 0.29) is 0 Å². The van der Waals surface area contributed by atoms with Crippen LogP contribution in [0.3, 0.4) is 0 Å². The minimum absolute atomic E-state index is 0.305. The summed E-state index contributed by atoms with van der Waals surface area (Å²) in [5.41, 5.74) is -0.508. The molecule has 0 aliphatic rings. The van der Waals surface area contributed by atoms with Crippen molar-refractivity contribution in [2.45, 2.75) is 26.4 Å². The maximum atomic E-state index is 11.5. The van der Waals surface area contributed by atoms with Crippen molar-refractivity contribution in [1.29, 1.82) is 0 Å². The molecule has 0 aromatic heterocycles. The quantitative estimate of drug-likeness (QED) is 0.112. The molecule has 0 saturated carbocycles. The second-order valence-corrected chi connectivity index (χ2v) is 8.58. The summed E-state index contributed by atoms with van der Waals surface area (Å²) in [6.07, 6.45) is 4.62. The van der Waals surface area contributed by atoms with Crippen LogP contribution >= 0.6 is 0 Å². The fraction of sp³-hybridized carbons (Fsp3) is 0.885. The number of carbonyl (C=O) groups is 1. The van der Waals surface area contributed by atoms with E-state index in [0.717, 1.165) is 0 Å². The molecule has 0 spiro atoms. The van der Waals surface area contributed by atoms with Crippen LogP contribution in [0.25, 0.3) is 0 Å². The summed E-state index contributed by atoms with van der Waals surface area (Å²) in [6, 6.07) is 0. The van der Waals surface area contributed by atoms with Crippen LogP contribution in [-0.4, -0.2) is 137 Å². The Kier molecular flexibility index (Phi) is 27.3. The number of rotatable bonds is 28. The molecule has 0 bridgehead atoms. The third-order valence-corrected chi connectivity index (χ3v) is 4.08. The molecule has 0 rings (SSSR count). The molecule has 224 valence electrons. The molecule has 1 amide bonds. The molecule has 0 heterocycles. The Hall–Kier alpha value is -1.53. The fourth-order valence-corrected chi connectivity index (χ4v) is 2.43. The molecule has 0 aliphatic heterocycles. The Bertz CT molecular complexity index is 552. The van der Waals surface area contributed by atoms with Crippen LogP contribution in [-0.2, 0) is 47.4 Å². The summed E-state index contributed by atoms with van der Waals surface area (Å²) in [5, 5.41) is 2.62. The van der Waals surface area contributed by atoms with E-state index in [9.17, 15) is 4.79 Å². The lowest BCUT2D eigenvalue weighted by atomic mass is 10.2. The third-order valence-electron chi connectivity index (χ3n) is 4.08. The highest BCUT2D eigenvalue weighted by Crippen LogP contribution is 2.06. The molecule has 12 heteroatoms. The lowest BCUT2D eigenvalue weighted by Gasteiger charge is -2.19. The molecule has 38 heavy (non-hydrogen) atoms. The number of ether oxygens (including phenoxy) is 10. The van der Waals surface area contributed by atoms with Gasteiger partial charge < -0.3 is 52.7 Å². The molecule has 0 fully saturated rings. The molecular formula is C26H49NO11. The summed E-state index contributed by atoms with van der Waals surface area (Å²) in [4.78, 5) is 11.5. The average molecular weight is 552 g/mol. The molecular weight excluding hydrogens is 502 g/mol. The summed E-state index contributed by atoms with van der Waals surface area (Å²) in [6.45, 7) is 14.4. The standard InChI is InChI=1S/C26H49NO11/c1-5-7-29-9-11-31-13-15-33-17-19-35-21-23-37-24-22-36-20-18-34-16-14-32-12-10-30-8-6-27-25(28)38-26(2,3)4/h1H,6-24H2,2-4H3,(H,27,28). The van der Waals surface area contributed by atoms with Gasteiger partial charge in [0.2, 0.25) is 0 Å². The van der Waals surface area contributed by atoms with Crippen LogP contribution in [0, 0.1) is 12.3 Å².